The van der Waals surface area contributed by atoms with Gasteiger partial charge >= 0.3 is 0 Å². The third-order valence-corrected chi connectivity index (χ3v) is 3.23. The largest absolute Gasteiger partial charge is 0.488 e. The van der Waals surface area contributed by atoms with Crippen molar-refractivity contribution in [3.8, 4) is 5.75 Å². The SMILES string of the molecule is Cn1ccnc1C(N)C1Cc2ccccc2O1. The predicted molar refractivity (Wildman–Crippen MR) is 64.7 cm³/mol. The van der Waals surface area contributed by atoms with Gasteiger partial charge in [-0.25, -0.2) is 4.98 Å². The van der Waals surface area contributed by atoms with E-state index in [0.29, 0.717) is 0 Å². The van der Waals surface area contributed by atoms with Gasteiger partial charge < -0.3 is 15.0 Å². The van der Waals surface area contributed by atoms with Crippen molar-refractivity contribution < 1.29 is 4.74 Å². The average Bonchev–Trinajstić information content (AvgIpc) is 2.93. The number of nitrogens with zero attached hydrogens (tertiary/aromatic N) is 2. The molecule has 17 heavy (non-hydrogen) atoms. The third kappa shape index (κ3) is 1.70. The highest BCUT2D eigenvalue weighted by atomic mass is 16.5. The molecule has 4 heteroatoms. The number of hydrogen-bond acceptors (Lipinski definition) is 3. The van der Waals surface area contributed by atoms with E-state index in [4.69, 9.17) is 10.5 Å². The fraction of sp³-hybridized carbons (Fsp3) is 0.308. The first-order valence-electron chi connectivity index (χ1n) is 5.73. The summed E-state index contributed by atoms with van der Waals surface area (Å²) >= 11 is 0. The van der Waals surface area contributed by atoms with E-state index in [1.165, 1.54) is 5.56 Å². The Kier molecular flexibility index (Phi) is 2.37. The van der Waals surface area contributed by atoms with Crippen LogP contribution in [-0.2, 0) is 13.5 Å². The van der Waals surface area contributed by atoms with Crippen molar-refractivity contribution in [3.63, 3.8) is 0 Å². The van der Waals surface area contributed by atoms with Crippen LogP contribution >= 0.6 is 0 Å². The van der Waals surface area contributed by atoms with Crippen LogP contribution in [0.1, 0.15) is 17.4 Å². The molecule has 0 bridgehead atoms. The summed E-state index contributed by atoms with van der Waals surface area (Å²) in [4.78, 5) is 4.28. The number of hydrogen-bond donors (Lipinski definition) is 1. The summed E-state index contributed by atoms with van der Waals surface area (Å²) in [5.41, 5.74) is 7.44. The molecule has 3 rings (SSSR count). The van der Waals surface area contributed by atoms with E-state index in [2.05, 4.69) is 11.1 Å². The molecule has 0 saturated carbocycles. The second kappa shape index (κ2) is 3.89. The van der Waals surface area contributed by atoms with Crippen molar-refractivity contribution in [3.05, 3.63) is 48.0 Å². The van der Waals surface area contributed by atoms with E-state index < -0.39 is 0 Å². The summed E-state index contributed by atoms with van der Waals surface area (Å²) < 4.78 is 7.81. The highest BCUT2D eigenvalue weighted by molar-refractivity contribution is 5.37. The number of rotatable bonds is 2. The number of aryl methyl sites for hydroxylation is 1. The van der Waals surface area contributed by atoms with Gasteiger partial charge in [-0.15, -0.1) is 0 Å². The lowest BCUT2D eigenvalue weighted by molar-refractivity contribution is 0.194. The van der Waals surface area contributed by atoms with Gasteiger partial charge in [0.2, 0.25) is 0 Å². The second-order valence-electron chi connectivity index (χ2n) is 4.39. The van der Waals surface area contributed by atoms with E-state index in [1.807, 2.05) is 36.0 Å². The van der Waals surface area contributed by atoms with Gasteiger partial charge in [-0.1, -0.05) is 18.2 Å². The lowest BCUT2D eigenvalue weighted by Gasteiger charge is -2.18. The Bertz CT molecular complexity index is 510. The van der Waals surface area contributed by atoms with Gasteiger partial charge in [-0.2, -0.15) is 0 Å². The molecule has 2 heterocycles. The highest BCUT2D eigenvalue weighted by Crippen LogP contribution is 2.32. The predicted octanol–water partition coefficient (Wildman–Crippen LogP) is 1.42. The van der Waals surface area contributed by atoms with E-state index in [0.717, 1.165) is 18.0 Å². The van der Waals surface area contributed by atoms with Crippen molar-refractivity contribution in [1.29, 1.82) is 0 Å². The Balaban J connectivity index is 1.83. The van der Waals surface area contributed by atoms with Crippen LogP contribution in [0.15, 0.2) is 36.7 Å². The number of benzene rings is 1. The third-order valence-electron chi connectivity index (χ3n) is 3.23. The van der Waals surface area contributed by atoms with Gasteiger partial charge in [0.25, 0.3) is 0 Å². The van der Waals surface area contributed by atoms with Gasteiger partial charge in [0.15, 0.2) is 0 Å². The molecular weight excluding hydrogens is 214 g/mol. The standard InChI is InChI=1S/C13H15N3O/c1-16-7-6-15-13(16)12(14)11-8-9-4-2-3-5-10(9)17-11/h2-7,11-12H,8,14H2,1H3. The number of fused-ring (bicyclic) bond motifs is 1. The minimum atomic E-state index is -0.192. The number of nitrogens with two attached hydrogens (primary N) is 1. The molecule has 0 aliphatic carbocycles. The van der Waals surface area contributed by atoms with Gasteiger partial charge in [0, 0.05) is 25.9 Å². The minimum Gasteiger partial charge on any atom is -0.488 e. The summed E-state index contributed by atoms with van der Waals surface area (Å²) in [6.45, 7) is 0. The molecule has 0 radical (unpaired) electrons. The van der Waals surface area contributed by atoms with Crippen molar-refractivity contribution in [2.75, 3.05) is 0 Å². The molecule has 0 amide bonds. The second-order valence-corrected chi connectivity index (χ2v) is 4.39. The van der Waals surface area contributed by atoms with E-state index in [1.54, 1.807) is 6.20 Å². The fourth-order valence-electron chi connectivity index (χ4n) is 2.27. The van der Waals surface area contributed by atoms with Gasteiger partial charge in [-0.05, 0) is 11.6 Å². The maximum absolute atomic E-state index is 6.22. The fourth-order valence-corrected chi connectivity index (χ4v) is 2.27. The number of para-hydroxylation sites is 1. The Hall–Kier alpha value is -1.81. The molecule has 2 N–H and O–H groups in total. The van der Waals surface area contributed by atoms with Crippen LogP contribution in [0.5, 0.6) is 5.75 Å². The van der Waals surface area contributed by atoms with Crippen LogP contribution in [0.3, 0.4) is 0 Å². The maximum atomic E-state index is 6.22. The molecule has 1 aliphatic heterocycles. The molecule has 2 unspecified atom stereocenters. The Morgan fingerprint density at radius 2 is 2.29 bits per heavy atom. The molecule has 88 valence electrons. The maximum Gasteiger partial charge on any atom is 0.129 e. The van der Waals surface area contributed by atoms with Crippen molar-refractivity contribution in [2.24, 2.45) is 12.8 Å². The first-order chi connectivity index (χ1) is 8.25. The van der Waals surface area contributed by atoms with Crippen molar-refractivity contribution in [2.45, 2.75) is 18.6 Å². The zero-order valence-electron chi connectivity index (χ0n) is 9.71. The summed E-state index contributed by atoms with van der Waals surface area (Å²) in [6.07, 6.45) is 4.49. The van der Waals surface area contributed by atoms with Gasteiger partial charge in [0.05, 0.1) is 0 Å². The zero-order chi connectivity index (χ0) is 11.8. The van der Waals surface area contributed by atoms with Gasteiger partial charge in [-0.3, -0.25) is 0 Å². The topological polar surface area (TPSA) is 53.1 Å². The first-order valence-corrected chi connectivity index (χ1v) is 5.73. The smallest absolute Gasteiger partial charge is 0.129 e. The van der Waals surface area contributed by atoms with E-state index in [9.17, 15) is 0 Å². The summed E-state index contributed by atoms with van der Waals surface area (Å²) in [5, 5.41) is 0. The van der Waals surface area contributed by atoms with Gasteiger partial charge in [0.1, 0.15) is 23.7 Å². The number of imidazole rings is 1. The molecule has 0 fully saturated rings. The van der Waals surface area contributed by atoms with Crippen molar-refractivity contribution >= 4 is 0 Å². The number of ether oxygens (including phenoxy) is 1. The molecule has 1 aromatic heterocycles. The van der Waals surface area contributed by atoms with Crippen LogP contribution < -0.4 is 10.5 Å². The van der Waals surface area contributed by atoms with E-state index in [-0.39, 0.29) is 12.1 Å². The first kappa shape index (κ1) is 10.4. The molecule has 0 spiro atoms. The molecule has 4 nitrogen and oxygen atoms in total. The van der Waals surface area contributed by atoms with Crippen LogP contribution in [0, 0.1) is 0 Å². The summed E-state index contributed by atoms with van der Waals surface area (Å²) in [6, 6.07) is 7.88. The molecule has 2 atom stereocenters. The van der Waals surface area contributed by atoms with Crippen LogP contribution in [0.2, 0.25) is 0 Å². The lowest BCUT2D eigenvalue weighted by atomic mass is 10.0. The molecule has 2 aromatic rings. The number of aromatic nitrogens is 2. The van der Waals surface area contributed by atoms with Crippen LogP contribution in [-0.4, -0.2) is 15.7 Å². The monoisotopic (exact) mass is 229 g/mol. The lowest BCUT2D eigenvalue weighted by Crippen LogP contribution is -2.32. The molecule has 1 aromatic carbocycles. The highest BCUT2D eigenvalue weighted by Gasteiger charge is 2.30. The average molecular weight is 229 g/mol. The minimum absolute atomic E-state index is 0.0199. The molecule has 1 aliphatic rings. The summed E-state index contributed by atoms with van der Waals surface area (Å²) in [5.74, 6) is 1.81. The van der Waals surface area contributed by atoms with Crippen LogP contribution in [0.25, 0.3) is 0 Å². The normalized spacial score (nSPS) is 19.8. The quantitative estimate of drug-likeness (QED) is 0.847. The summed E-state index contributed by atoms with van der Waals surface area (Å²) in [7, 11) is 1.95. The Morgan fingerprint density at radius 1 is 1.47 bits per heavy atom. The Labute approximate surface area is 100 Å². The Morgan fingerprint density at radius 3 is 3.00 bits per heavy atom. The van der Waals surface area contributed by atoms with Crippen LogP contribution in [0.4, 0.5) is 0 Å². The molecular formula is C13H15N3O. The van der Waals surface area contributed by atoms with Crippen molar-refractivity contribution in [1.82, 2.24) is 9.55 Å². The van der Waals surface area contributed by atoms with E-state index >= 15 is 0 Å². The zero-order valence-corrected chi connectivity index (χ0v) is 9.71. The molecule has 0 saturated heterocycles.